The molecule has 0 spiro atoms. The quantitative estimate of drug-likeness (QED) is 0.288. The van der Waals surface area contributed by atoms with E-state index in [1.807, 2.05) is 0 Å². The van der Waals surface area contributed by atoms with Crippen LogP contribution in [0, 0.1) is 0 Å². The van der Waals surface area contributed by atoms with Crippen molar-refractivity contribution in [2.45, 2.75) is 20.0 Å². The normalized spacial score (nSPS) is 11.9. The van der Waals surface area contributed by atoms with Crippen LogP contribution in [-0.4, -0.2) is 37.3 Å². The van der Waals surface area contributed by atoms with Crippen LogP contribution in [0.15, 0.2) is 0 Å². The van der Waals surface area contributed by atoms with Crippen molar-refractivity contribution in [3.63, 3.8) is 0 Å². The van der Waals surface area contributed by atoms with Gasteiger partial charge in [-0.05, 0) is 0 Å². The molecule has 0 saturated carbocycles. The number of hydrogen-bond acceptors (Lipinski definition) is 5. The van der Waals surface area contributed by atoms with Gasteiger partial charge in [-0.1, -0.05) is 0 Å². The van der Waals surface area contributed by atoms with E-state index in [0.29, 0.717) is 0 Å². The number of rotatable bonds is 6. The van der Waals surface area contributed by atoms with Gasteiger partial charge in [-0.2, -0.15) is 0 Å². The van der Waals surface area contributed by atoms with E-state index in [1.165, 1.54) is 13.8 Å². The third-order valence-electron chi connectivity index (χ3n) is 1.15. The molecule has 0 N–H and O–H groups in total. The van der Waals surface area contributed by atoms with E-state index < -0.39 is 18.0 Å². The zero-order valence-corrected chi connectivity index (χ0v) is 8.87. The number of halogens is 1. The smallest absolute Gasteiger partial charge is 0.304 e. The lowest BCUT2D eigenvalue weighted by atomic mass is 10.4. The van der Waals surface area contributed by atoms with Crippen LogP contribution in [0.1, 0.15) is 13.8 Å². The Labute approximate surface area is 87.3 Å². The molecule has 0 rings (SSSR count). The van der Waals surface area contributed by atoms with Crippen molar-refractivity contribution >= 4 is 23.5 Å². The SMILES string of the molecule is CC(=O)OCOCC(CCl)OC(C)=O. The Morgan fingerprint density at radius 1 is 1.29 bits per heavy atom. The average molecular weight is 225 g/mol. The van der Waals surface area contributed by atoms with E-state index in [-0.39, 0.29) is 19.3 Å². The zero-order valence-electron chi connectivity index (χ0n) is 8.12. The number of carbonyl (C=O) groups excluding carboxylic acids is 2. The second-order valence-corrected chi connectivity index (χ2v) is 2.82. The molecule has 5 nitrogen and oxygen atoms in total. The predicted molar refractivity (Wildman–Crippen MR) is 48.9 cm³/mol. The van der Waals surface area contributed by atoms with Gasteiger partial charge in [-0.3, -0.25) is 9.59 Å². The number of carbonyl (C=O) groups is 2. The Morgan fingerprint density at radius 3 is 2.36 bits per heavy atom. The van der Waals surface area contributed by atoms with Crippen LogP contribution in [0.3, 0.4) is 0 Å². The molecule has 6 heteroatoms. The van der Waals surface area contributed by atoms with Gasteiger partial charge in [0, 0.05) is 13.8 Å². The van der Waals surface area contributed by atoms with Crippen molar-refractivity contribution in [2.24, 2.45) is 0 Å². The summed E-state index contributed by atoms with van der Waals surface area (Å²) in [5.41, 5.74) is 0. The maximum atomic E-state index is 10.5. The maximum absolute atomic E-state index is 10.5. The van der Waals surface area contributed by atoms with E-state index in [2.05, 4.69) is 4.74 Å². The molecule has 0 fully saturated rings. The summed E-state index contributed by atoms with van der Waals surface area (Å²) in [6, 6.07) is 0. The molecule has 1 unspecified atom stereocenters. The molecular weight excluding hydrogens is 212 g/mol. The van der Waals surface area contributed by atoms with Crippen LogP contribution in [0.25, 0.3) is 0 Å². The van der Waals surface area contributed by atoms with Crippen LogP contribution in [-0.2, 0) is 23.8 Å². The summed E-state index contributed by atoms with van der Waals surface area (Å²) in [5.74, 6) is -0.716. The number of esters is 2. The zero-order chi connectivity index (χ0) is 11.0. The molecule has 1 atom stereocenters. The lowest BCUT2D eigenvalue weighted by molar-refractivity contribution is -0.161. The van der Waals surface area contributed by atoms with Gasteiger partial charge in [0.05, 0.1) is 12.5 Å². The van der Waals surface area contributed by atoms with Gasteiger partial charge in [0.1, 0.15) is 6.10 Å². The fourth-order valence-electron chi connectivity index (χ4n) is 0.649. The van der Waals surface area contributed by atoms with Gasteiger partial charge in [0.2, 0.25) is 0 Å². The minimum absolute atomic E-state index is 0.107. The van der Waals surface area contributed by atoms with Crippen LogP contribution in [0.5, 0.6) is 0 Å². The predicted octanol–water partition coefficient (Wildman–Crippen LogP) is 0.694. The highest BCUT2D eigenvalue weighted by Crippen LogP contribution is 1.97. The minimum atomic E-state index is -0.510. The van der Waals surface area contributed by atoms with Crippen molar-refractivity contribution in [3.05, 3.63) is 0 Å². The van der Waals surface area contributed by atoms with Gasteiger partial charge >= 0.3 is 11.9 Å². The second-order valence-electron chi connectivity index (χ2n) is 2.51. The molecule has 0 aromatic rings. The van der Waals surface area contributed by atoms with Gasteiger partial charge in [-0.15, -0.1) is 11.6 Å². The highest BCUT2D eigenvalue weighted by atomic mass is 35.5. The Hall–Kier alpha value is -0.810. The molecule has 0 radical (unpaired) electrons. The lowest BCUT2D eigenvalue weighted by Crippen LogP contribution is -2.24. The summed E-state index contributed by atoms with van der Waals surface area (Å²) in [6.45, 7) is 2.50. The highest BCUT2D eigenvalue weighted by molar-refractivity contribution is 6.18. The van der Waals surface area contributed by atoms with Crippen molar-refractivity contribution in [3.8, 4) is 0 Å². The van der Waals surface area contributed by atoms with Crippen LogP contribution >= 0.6 is 11.6 Å². The molecular formula is C8H13ClO5. The number of hydrogen-bond donors (Lipinski definition) is 0. The molecule has 0 aromatic carbocycles. The fourth-order valence-corrected chi connectivity index (χ4v) is 0.801. The molecule has 0 bridgehead atoms. The van der Waals surface area contributed by atoms with Crippen LogP contribution in [0.4, 0.5) is 0 Å². The molecule has 14 heavy (non-hydrogen) atoms. The Morgan fingerprint density at radius 2 is 1.93 bits per heavy atom. The molecule has 0 amide bonds. The monoisotopic (exact) mass is 224 g/mol. The molecule has 0 aliphatic heterocycles. The first-order valence-corrected chi connectivity index (χ1v) is 4.54. The van der Waals surface area contributed by atoms with E-state index in [4.69, 9.17) is 21.1 Å². The third-order valence-corrected chi connectivity index (χ3v) is 1.50. The summed E-state index contributed by atoms with van der Waals surface area (Å²) >= 11 is 5.49. The Balaban J connectivity index is 3.52. The largest absolute Gasteiger partial charge is 0.459 e. The second kappa shape index (κ2) is 7.58. The number of alkyl halides is 1. The van der Waals surface area contributed by atoms with Crippen molar-refractivity contribution in [1.29, 1.82) is 0 Å². The van der Waals surface area contributed by atoms with E-state index in [1.54, 1.807) is 0 Å². The molecule has 0 aromatic heterocycles. The van der Waals surface area contributed by atoms with Gasteiger partial charge in [-0.25, -0.2) is 0 Å². The molecule has 82 valence electrons. The molecule has 0 aliphatic rings. The summed E-state index contributed by atoms with van der Waals surface area (Å²) < 4.78 is 14.2. The number of ether oxygens (including phenoxy) is 3. The summed E-state index contributed by atoms with van der Waals surface area (Å²) in [4.78, 5) is 20.9. The Kier molecular flexibility index (Phi) is 7.14. The van der Waals surface area contributed by atoms with E-state index in [9.17, 15) is 9.59 Å². The van der Waals surface area contributed by atoms with Gasteiger partial charge in [0.15, 0.2) is 6.79 Å². The lowest BCUT2D eigenvalue weighted by Gasteiger charge is -2.13. The molecule has 0 saturated heterocycles. The standard InChI is InChI=1S/C8H13ClO5/c1-6(10)13-5-12-4-8(3-9)14-7(2)11/h8H,3-5H2,1-2H3. The first-order valence-electron chi connectivity index (χ1n) is 4.00. The maximum Gasteiger partial charge on any atom is 0.304 e. The average Bonchev–Trinajstić information content (AvgIpc) is 2.09. The van der Waals surface area contributed by atoms with Gasteiger partial charge < -0.3 is 14.2 Å². The third kappa shape index (κ3) is 7.82. The summed E-state index contributed by atoms with van der Waals surface area (Å²) in [7, 11) is 0. The minimum Gasteiger partial charge on any atom is -0.459 e. The van der Waals surface area contributed by atoms with Crippen molar-refractivity contribution < 1.29 is 23.8 Å². The first-order chi connectivity index (χ1) is 6.56. The van der Waals surface area contributed by atoms with E-state index >= 15 is 0 Å². The van der Waals surface area contributed by atoms with Crippen LogP contribution < -0.4 is 0 Å². The first kappa shape index (κ1) is 13.2. The van der Waals surface area contributed by atoms with Gasteiger partial charge in [0.25, 0.3) is 0 Å². The summed E-state index contributed by atoms with van der Waals surface area (Å²) in [5, 5.41) is 0. The highest BCUT2D eigenvalue weighted by Gasteiger charge is 2.10. The topological polar surface area (TPSA) is 61.8 Å². The van der Waals surface area contributed by atoms with Crippen molar-refractivity contribution in [1.82, 2.24) is 0 Å². The molecule has 0 aliphatic carbocycles. The van der Waals surface area contributed by atoms with Crippen LogP contribution in [0.2, 0.25) is 0 Å². The van der Waals surface area contributed by atoms with Crippen molar-refractivity contribution in [2.75, 3.05) is 19.3 Å². The Bertz CT molecular complexity index is 194. The van der Waals surface area contributed by atoms with E-state index in [0.717, 1.165) is 0 Å². The summed E-state index contributed by atoms with van der Waals surface area (Å²) in [6.07, 6.45) is -0.510. The fraction of sp³-hybridized carbons (Fsp3) is 0.750. The molecule has 0 heterocycles.